The molecule has 0 spiro atoms. The van der Waals surface area contributed by atoms with Crippen molar-refractivity contribution in [2.45, 2.75) is 12.6 Å². The number of nitrogens with zero attached hydrogens (tertiary/aromatic N) is 2. The van der Waals surface area contributed by atoms with Crippen molar-refractivity contribution >= 4 is 17.2 Å². The van der Waals surface area contributed by atoms with Gasteiger partial charge in [0.05, 0.1) is 11.4 Å². The van der Waals surface area contributed by atoms with Crippen molar-refractivity contribution in [3.05, 3.63) is 49.4 Å². The fourth-order valence-electron chi connectivity index (χ4n) is 1.96. The lowest BCUT2D eigenvalue weighted by atomic mass is 10.2. The van der Waals surface area contributed by atoms with Crippen LogP contribution in [0.3, 0.4) is 0 Å². The summed E-state index contributed by atoms with van der Waals surface area (Å²) in [5.74, 6) is 0.311. The van der Waals surface area contributed by atoms with Gasteiger partial charge >= 0.3 is 0 Å². The molecule has 1 saturated heterocycles. The maximum atomic E-state index is 9.82. The average Bonchev–Trinajstić information content (AvgIpc) is 2.63. The molecule has 0 radical (unpaired) electrons. The summed E-state index contributed by atoms with van der Waals surface area (Å²) in [5.41, 5.74) is 0.495. The highest BCUT2D eigenvalue weighted by atomic mass is 32.2. The van der Waals surface area contributed by atoms with Crippen LogP contribution < -0.4 is 0 Å². The molecule has 1 heterocycles. The second kappa shape index (κ2) is 9.11. The molecule has 3 N–H and O–H groups in total. The van der Waals surface area contributed by atoms with E-state index in [4.69, 9.17) is 18.7 Å². The molecule has 0 aliphatic carbocycles. The first kappa shape index (κ1) is 19.1. The van der Waals surface area contributed by atoms with Gasteiger partial charge in [0.15, 0.2) is 0 Å². The number of hydrogen-bond acceptors (Lipinski definition) is 5. The van der Waals surface area contributed by atoms with E-state index in [0.717, 1.165) is 0 Å². The van der Waals surface area contributed by atoms with E-state index in [2.05, 4.69) is 19.7 Å². The highest BCUT2D eigenvalue weighted by Gasteiger charge is 2.37. The zero-order valence-electron chi connectivity index (χ0n) is 11.9. The lowest BCUT2D eigenvalue weighted by Gasteiger charge is -2.27. The monoisotopic (exact) mass is 314 g/mol. The van der Waals surface area contributed by atoms with Crippen molar-refractivity contribution < 1.29 is 18.4 Å². The van der Waals surface area contributed by atoms with Gasteiger partial charge in [-0.1, -0.05) is 18.7 Å². The standard InChI is InChI=1S/C13H19N3O.H2O3S/c1-5-8-11-15(4)13(14)12(10(17)7-3)16(11)9-6-2;1-4(2)3/h5-7,11,14,17H,1-3,8-9H2,4H3;(H2,1,2,3)/p-1. The third-order valence-electron chi connectivity index (χ3n) is 2.81. The number of aliphatic hydroxyl groups excluding tert-OH is 1. The number of aliphatic hydroxyl groups is 1. The van der Waals surface area contributed by atoms with Gasteiger partial charge in [-0.05, 0) is 6.08 Å². The van der Waals surface area contributed by atoms with Crippen molar-refractivity contribution in [1.29, 1.82) is 5.41 Å². The highest BCUT2D eigenvalue weighted by molar-refractivity contribution is 7.73. The first-order valence-electron chi connectivity index (χ1n) is 5.95. The molecule has 1 fully saturated rings. The van der Waals surface area contributed by atoms with E-state index < -0.39 is 11.4 Å². The van der Waals surface area contributed by atoms with Gasteiger partial charge in [-0.15, -0.1) is 13.2 Å². The van der Waals surface area contributed by atoms with Crippen LogP contribution in [0.2, 0.25) is 0 Å². The van der Waals surface area contributed by atoms with E-state index in [1.165, 1.54) is 6.08 Å². The Morgan fingerprint density at radius 2 is 2.00 bits per heavy atom. The Labute approximate surface area is 127 Å². The van der Waals surface area contributed by atoms with Gasteiger partial charge in [0.1, 0.15) is 23.5 Å². The topological polar surface area (TPSA) is 111 Å². The van der Waals surface area contributed by atoms with Gasteiger partial charge in [-0.25, -0.2) is 4.21 Å². The van der Waals surface area contributed by atoms with Crippen molar-refractivity contribution in [3.8, 4) is 0 Å². The van der Waals surface area contributed by atoms with E-state index in [1.54, 1.807) is 17.1 Å². The Bertz CT molecular complexity index is 472. The Kier molecular flexibility index (Phi) is 8.29. The SMILES string of the molecule is C=CCC1N(C)C(=N)C(=C(O)C=C)N1CC=C.O=S([O-])O. The molecule has 1 rings (SSSR count). The zero-order valence-corrected chi connectivity index (χ0v) is 12.7. The number of allylic oxidation sites excluding steroid dienone is 1. The van der Waals surface area contributed by atoms with E-state index in [-0.39, 0.29) is 17.8 Å². The van der Waals surface area contributed by atoms with Crippen molar-refractivity contribution in [2.24, 2.45) is 0 Å². The maximum Gasteiger partial charge on any atom is 0.150 e. The molecule has 0 amide bonds. The first-order valence-corrected chi connectivity index (χ1v) is 6.99. The van der Waals surface area contributed by atoms with Crippen molar-refractivity contribution in [1.82, 2.24) is 9.80 Å². The predicted molar refractivity (Wildman–Crippen MR) is 82.4 cm³/mol. The van der Waals surface area contributed by atoms with Crippen LogP contribution in [0.5, 0.6) is 0 Å². The summed E-state index contributed by atoms with van der Waals surface area (Å²) in [5, 5.41) is 17.8. The number of amidine groups is 1. The van der Waals surface area contributed by atoms with Gasteiger partial charge in [-0.3, -0.25) is 5.41 Å². The van der Waals surface area contributed by atoms with Gasteiger partial charge in [-0.2, -0.15) is 0 Å². The Morgan fingerprint density at radius 3 is 2.38 bits per heavy atom. The molecule has 0 aromatic heterocycles. The van der Waals surface area contributed by atoms with Gasteiger partial charge in [0, 0.05) is 20.0 Å². The molecule has 0 aromatic rings. The van der Waals surface area contributed by atoms with Crippen LogP contribution in [0.15, 0.2) is 49.4 Å². The lowest BCUT2D eigenvalue weighted by Crippen LogP contribution is -2.36. The fraction of sp³-hybridized carbons (Fsp3) is 0.308. The summed E-state index contributed by atoms with van der Waals surface area (Å²) in [6, 6.07) is 0. The maximum absolute atomic E-state index is 9.82. The van der Waals surface area contributed by atoms with Crippen molar-refractivity contribution in [3.63, 3.8) is 0 Å². The Balaban J connectivity index is 0.000000885. The summed E-state index contributed by atoms with van der Waals surface area (Å²) in [7, 11) is 1.83. The summed E-state index contributed by atoms with van der Waals surface area (Å²) < 4.78 is 24.1. The van der Waals surface area contributed by atoms with Crippen LogP contribution in [0.1, 0.15) is 6.42 Å². The molecule has 7 nitrogen and oxygen atoms in total. The van der Waals surface area contributed by atoms with Crippen LogP contribution in [-0.2, 0) is 11.4 Å². The summed E-state index contributed by atoms with van der Waals surface area (Å²) in [6.45, 7) is 11.5. The molecule has 118 valence electrons. The molecule has 1 aliphatic heterocycles. The molecule has 0 aromatic carbocycles. The Morgan fingerprint density at radius 1 is 1.48 bits per heavy atom. The molecule has 0 saturated carbocycles. The van der Waals surface area contributed by atoms with Gasteiger partial charge in [0.2, 0.25) is 0 Å². The molecule has 1 aliphatic rings. The molecule has 0 bridgehead atoms. The minimum absolute atomic E-state index is 0.00454. The molecule has 2 atom stereocenters. The molecular formula is C13H20N3O4S-. The predicted octanol–water partition coefficient (Wildman–Crippen LogP) is 1.59. The highest BCUT2D eigenvalue weighted by Crippen LogP contribution is 2.28. The quantitative estimate of drug-likeness (QED) is 0.404. The zero-order chi connectivity index (χ0) is 16.6. The normalized spacial score (nSPS) is 21.3. The summed E-state index contributed by atoms with van der Waals surface area (Å²) in [6.07, 6.45) is 5.61. The van der Waals surface area contributed by atoms with Crippen LogP contribution in [0.4, 0.5) is 0 Å². The van der Waals surface area contributed by atoms with E-state index >= 15 is 0 Å². The third kappa shape index (κ3) is 5.18. The van der Waals surface area contributed by atoms with Crippen molar-refractivity contribution in [2.75, 3.05) is 13.6 Å². The van der Waals surface area contributed by atoms with Gasteiger partial charge < -0.3 is 24.0 Å². The van der Waals surface area contributed by atoms with Gasteiger partial charge in [0.25, 0.3) is 0 Å². The van der Waals surface area contributed by atoms with Crippen LogP contribution in [0.25, 0.3) is 0 Å². The molecule has 2 unspecified atom stereocenters. The molecule has 21 heavy (non-hydrogen) atoms. The number of likely N-dealkylation sites (N-methyl/N-ethyl adjacent to an activating group) is 1. The first-order chi connectivity index (χ1) is 9.81. The van der Waals surface area contributed by atoms with E-state index in [9.17, 15) is 5.11 Å². The van der Waals surface area contributed by atoms with Crippen LogP contribution in [0, 0.1) is 5.41 Å². The lowest BCUT2D eigenvalue weighted by molar-refractivity contribution is 0.202. The van der Waals surface area contributed by atoms with E-state index in [0.29, 0.717) is 18.7 Å². The van der Waals surface area contributed by atoms with Crippen LogP contribution in [-0.4, -0.2) is 53.8 Å². The summed E-state index contributed by atoms with van der Waals surface area (Å²) in [4.78, 5) is 3.73. The third-order valence-corrected chi connectivity index (χ3v) is 2.81. The Hall–Kier alpha value is -1.90. The number of rotatable bonds is 5. The molecule has 8 heteroatoms. The number of nitrogens with one attached hydrogen (secondary N) is 1. The average molecular weight is 314 g/mol. The molecular weight excluding hydrogens is 294 g/mol. The number of hydrogen-bond donors (Lipinski definition) is 3. The minimum atomic E-state index is -2.86. The second-order valence-electron chi connectivity index (χ2n) is 4.06. The van der Waals surface area contributed by atoms with Crippen LogP contribution >= 0.6 is 0 Å². The smallest absolute Gasteiger partial charge is 0.150 e. The largest absolute Gasteiger partial charge is 0.750 e. The van der Waals surface area contributed by atoms with E-state index in [1.807, 2.05) is 11.9 Å². The fourth-order valence-corrected chi connectivity index (χ4v) is 1.96. The minimum Gasteiger partial charge on any atom is -0.750 e. The second-order valence-corrected chi connectivity index (χ2v) is 4.49. The summed E-state index contributed by atoms with van der Waals surface area (Å²) >= 11 is -2.86.